The molecule has 0 aromatic carbocycles. The van der Waals surface area contributed by atoms with Crippen molar-refractivity contribution in [3.8, 4) is 0 Å². The molecule has 3 N–H and O–H groups in total. The number of urea groups is 1. The van der Waals surface area contributed by atoms with Crippen molar-refractivity contribution in [1.29, 1.82) is 0 Å². The standard InChI is InChI=1S/C6H13N3O/c1-4-5(9(2)3)8-6(7)10/h4-5H,1H2,2-3H3,(H3,7,8,10). The SMILES string of the molecule is C=CC(NC(N)=O)N(C)C. The fraction of sp³-hybridized carbons (Fsp3) is 0.500. The fourth-order valence-corrected chi connectivity index (χ4v) is 0.545. The molecule has 1 unspecified atom stereocenters. The van der Waals surface area contributed by atoms with E-state index in [1.54, 1.807) is 11.0 Å². The highest BCUT2D eigenvalue weighted by Crippen LogP contribution is 1.87. The first-order chi connectivity index (χ1) is 4.57. The van der Waals surface area contributed by atoms with E-state index in [0.717, 1.165) is 0 Å². The average molecular weight is 143 g/mol. The van der Waals surface area contributed by atoms with Gasteiger partial charge in [0.25, 0.3) is 0 Å². The van der Waals surface area contributed by atoms with Crippen LogP contribution < -0.4 is 11.1 Å². The molecule has 0 aromatic rings. The normalized spacial score (nSPS) is 12.7. The number of hydrogen-bond donors (Lipinski definition) is 2. The highest BCUT2D eigenvalue weighted by molar-refractivity contribution is 5.72. The second kappa shape index (κ2) is 3.90. The Labute approximate surface area is 60.7 Å². The number of amides is 2. The van der Waals surface area contributed by atoms with Gasteiger partial charge >= 0.3 is 6.03 Å². The number of likely N-dealkylation sites (N-methyl/N-ethyl adjacent to an activating group) is 1. The van der Waals surface area contributed by atoms with Gasteiger partial charge in [-0.15, -0.1) is 0 Å². The molecule has 0 rings (SSSR count). The van der Waals surface area contributed by atoms with Gasteiger partial charge in [0.05, 0.1) is 0 Å². The molecule has 4 nitrogen and oxygen atoms in total. The monoisotopic (exact) mass is 143 g/mol. The number of carbonyl (C=O) groups is 1. The van der Waals surface area contributed by atoms with Gasteiger partial charge in [0.2, 0.25) is 0 Å². The average Bonchev–Trinajstić information content (AvgIpc) is 1.81. The lowest BCUT2D eigenvalue weighted by atomic mass is 10.4. The van der Waals surface area contributed by atoms with Crippen LogP contribution in [0.1, 0.15) is 0 Å². The van der Waals surface area contributed by atoms with Crippen molar-refractivity contribution >= 4 is 6.03 Å². The van der Waals surface area contributed by atoms with E-state index in [1.165, 1.54) is 0 Å². The first kappa shape index (κ1) is 8.97. The summed E-state index contributed by atoms with van der Waals surface area (Å²) in [6.07, 6.45) is 1.42. The zero-order valence-electron chi connectivity index (χ0n) is 6.29. The Morgan fingerprint density at radius 2 is 2.30 bits per heavy atom. The molecule has 0 heterocycles. The summed E-state index contributed by atoms with van der Waals surface area (Å²) >= 11 is 0. The molecule has 0 bridgehead atoms. The first-order valence-corrected chi connectivity index (χ1v) is 2.93. The Bertz CT molecular complexity index is 133. The van der Waals surface area contributed by atoms with Crippen LogP contribution in [0.5, 0.6) is 0 Å². The van der Waals surface area contributed by atoms with Crippen LogP contribution in [0, 0.1) is 0 Å². The number of carbonyl (C=O) groups excluding carboxylic acids is 1. The summed E-state index contributed by atoms with van der Waals surface area (Å²) in [4.78, 5) is 12.1. The van der Waals surface area contributed by atoms with Crippen molar-refractivity contribution < 1.29 is 4.79 Å². The zero-order chi connectivity index (χ0) is 8.15. The summed E-state index contributed by atoms with van der Waals surface area (Å²) in [7, 11) is 3.64. The quantitative estimate of drug-likeness (QED) is 0.422. The molecule has 0 spiro atoms. The molecule has 58 valence electrons. The van der Waals surface area contributed by atoms with Crippen LogP contribution in [-0.4, -0.2) is 31.2 Å². The molecule has 4 heteroatoms. The van der Waals surface area contributed by atoms with Crippen molar-refractivity contribution in [1.82, 2.24) is 10.2 Å². The summed E-state index contributed by atoms with van der Waals surface area (Å²) in [5, 5.41) is 2.48. The number of nitrogens with two attached hydrogens (primary N) is 1. The van der Waals surface area contributed by atoms with Gasteiger partial charge in [-0.3, -0.25) is 4.90 Å². The first-order valence-electron chi connectivity index (χ1n) is 2.93. The summed E-state index contributed by atoms with van der Waals surface area (Å²) in [6.45, 7) is 3.52. The number of nitrogens with zero attached hydrogens (tertiary/aromatic N) is 1. The third-order valence-electron chi connectivity index (χ3n) is 1.07. The molecular formula is C6H13N3O. The van der Waals surface area contributed by atoms with Crippen molar-refractivity contribution in [2.75, 3.05) is 14.1 Å². The lowest BCUT2D eigenvalue weighted by Gasteiger charge is -2.20. The summed E-state index contributed by atoms with van der Waals surface area (Å²) in [5.74, 6) is 0. The highest BCUT2D eigenvalue weighted by Gasteiger charge is 2.06. The van der Waals surface area contributed by atoms with Gasteiger partial charge in [0.15, 0.2) is 0 Å². The summed E-state index contributed by atoms with van der Waals surface area (Å²) in [6, 6.07) is -0.543. The minimum Gasteiger partial charge on any atom is -0.352 e. The molecule has 10 heavy (non-hydrogen) atoms. The fourth-order valence-electron chi connectivity index (χ4n) is 0.545. The maximum absolute atomic E-state index is 10.3. The third kappa shape index (κ3) is 3.09. The topological polar surface area (TPSA) is 58.4 Å². The third-order valence-corrected chi connectivity index (χ3v) is 1.07. The molecule has 0 fully saturated rings. The molecule has 0 aliphatic carbocycles. The number of rotatable bonds is 3. The lowest BCUT2D eigenvalue weighted by Crippen LogP contribution is -2.45. The zero-order valence-corrected chi connectivity index (χ0v) is 6.29. The predicted molar refractivity (Wildman–Crippen MR) is 40.4 cm³/mol. The van der Waals surface area contributed by atoms with Crippen LogP contribution in [0.15, 0.2) is 12.7 Å². The van der Waals surface area contributed by atoms with E-state index in [9.17, 15) is 4.79 Å². The number of primary amides is 1. The van der Waals surface area contributed by atoms with Crippen LogP contribution >= 0.6 is 0 Å². The molecule has 0 aliphatic heterocycles. The molecule has 0 saturated carbocycles. The van der Waals surface area contributed by atoms with E-state index in [2.05, 4.69) is 11.9 Å². The molecule has 1 atom stereocenters. The Morgan fingerprint density at radius 1 is 1.80 bits per heavy atom. The Hall–Kier alpha value is -1.03. The van der Waals surface area contributed by atoms with Crippen LogP contribution in [0.25, 0.3) is 0 Å². The maximum atomic E-state index is 10.3. The highest BCUT2D eigenvalue weighted by atomic mass is 16.2. The Balaban J connectivity index is 3.83. The van der Waals surface area contributed by atoms with Crippen molar-refractivity contribution in [2.45, 2.75) is 6.17 Å². The van der Waals surface area contributed by atoms with Gasteiger partial charge in [0.1, 0.15) is 6.17 Å². The molecule has 0 aromatic heterocycles. The minimum absolute atomic E-state index is 0.183. The molecule has 0 radical (unpaired) electrons. The summed E-state index contributed by atoms with van der Waals surface area (Å²) in [5.41, 5.74) is 4.88. The predicted octanol–water partition coefficient (Wildman–Crippen LogP) is -0.272. The van der Waals surface area contributed by atoms with Crippen LogP contribution in [0.4, 0.5) is 4.79 Å². The largest absolute Gasteiger partial charge is 0.352 e. The molecular weight excluding hydrogens is 130 g/mol. The van der Waals surface area contributed by atoms with Gasteiger partial charge < -0.3 is 11.1 Å². The smallest absolute Gasteiger partial charge is 0.313 e. The maximum Gasteiger partial charge on any atom is 0.313 e. The van der Waals surface area contributed by atoms with Crippen LogP contribution in [0.3, 0.4) is 0 Å². The van der Waals surface area contributed by atoms with E-state index in [0.29, 0.717) is 0 Å². The second-order valence-corrected chi connectivity index (χ2v) is 2.15. The number of hydrogen-bond acceptors (Lipinski definition) is 2. The van der Waals surface area contributed by atoms with E-state index in [-0.39, 0.29) is 6.17 Å². The van der Waals surface area contributed by atoms with Gasteiger partial charge in [0, 0.05) is 0 Å². The van der Waals surface area contributed by atoms with E-state index < -0.39 is 6.03 Å². The van der Waals surface area contributed by atoms with Gasteiger partial charge in [-0.1, -0.05) is 12.7 Å². The van der Waals surface area contributed by atoms with Crippen LogP contribution in [-0.2, 0) is 0 Å². The Morgan fingerprint density at radius 3 is 2.40 bits per heavy atom. The molecule has 2 amide bonds. The van der Waals surface area contributed by atoms with E-state index in [4.69, 9.17) is 5.73 Å². The Kier molecular flexibility index (Phi) is 3.49. The minimum atomic E-state index is -0.543. The van der Waals surface area contributed by atoms with Gasteiger partial charge in [-0.25, -0.2) is 4.79 Å². The summed E-state index contributed by atoms with van der Waals surface area (Å²) < 4.78 is 0. The van der Waals surface area contributed by atoms with Crippen molar-refractivity contribution in [2.24, 2.45) is 5.73 Å². The van der Waals surface area contributed by atoms with Gasteiger partial charge in [-0.05, 0) is 14.1 Å². The van der Waals surface area contributed by atoms with Crippen LogP contribution in [0.2, 0.25) is 0 Å². The molecule has 0 aliphatic rings. The lowest BCUT2D eigenvalue weighted by molar-refractivity contribution is 0.232. The molecule has 0 saturated heterocycles. The van der Waals surface area contributed by atoms with Gasteiger partial charge in [-0.2, -0.15) is 0 Å². The van der Waals surface area contributed by atoms with Crippen molar-refractivity contribution in [3.05, 3.63) is 12.7 Å². The number of nitrogens with one attached hydrogen (secondary N) is 1. The van der Waals surface area contributed by atoms with E-state index in [1.807, 2.05) is 14.1 Å². The van der Waals surface area contributed by atoms with Crippen molar-refractivity contribution in [3.63, 3.8) is 0 Å². The second-order valence-electron chi connectivity index (χ2n) is 2.15. The van der Waals surface area contributed by atoms with E-state index >= 15 is 0 Å².